The van der Waals surface area contributed by atoms with Gasteiger partial charge in [0.05, 0.1) is 12.1 Å². The molecule has 2 amide bonds. The minimum absolute atomic E-state index is 0.236. The SMILES string of the molecule is O=C(CNC(=O)c1n[nH]c2ccccc2c1=O)NCc1ccccc1. The molecule has 0 aliphatic carbocycles. The van der Waals surface area contributed by atoms with E-state index < -0.39 is 11.3 Å². The molecule has 126 valence electrons. The largest absolute Gasteiger partial charge is 0.350 e. The van der Waals surface area contributed by atoms with Gasteiger partial charge in [-0.3, -0.25) is 19.5 Å². The van der Waals surface area contributed by atoms with Crippen molar-refractivity contribution in [3.63, 3.8) is 0 Å². The Balaban J connectivity index is 1.60. The molecule has 0 atom stereocenters. The summed E-state index contributed by atoms with van der Waals surface area (Å²) >= 11 is 0. The van der Waals surface area contributed by atoms with Crippen molar-refractivity contribution in [3.8, 4) is 0 Å². The number of para-hydroxylation sites is 1. The van der Waals surface area contributed by atoms with Crippen molar-refractivity contribution in [2.75, 3.05) is 6.54 Å². The van der Waals surface area contributed by atoms with Gasteiger partial charge in [-0.1, -0.05) is 42.5 Å². The van der Waals surface area contributed by atoms with Crippen LogP contribution in [0.2, 0.25) is 0 Å². The molecular weight excluding hydrogens is 320 g/mol. The van der Waals surface area contributed by atoms with E-state index in [0.29, 0.717) is 17.4 Å². The van der Waals surface area contributed by atoms with Gasteiger partial charge in [-0.25, -0.2) is 0 Å². The van der Waals surface area contributed by atoms with Crippen molar-refractivity contribution >= 4 is 22.7 Å². The summed E-state index contributed by atoms with van der Waals surface area (Å²) in [5.41, 5.74) is 0.755. The lowest BCUT2D eigenvalue weighted by molar-refractivity contribution is -0.120. The van der Waals surface area contributed by atoms with Crippen molar-refractivity contribution < 1.29 is 9.59 Å². The lowest BCUT2D eigenvalue weighted by Gasteiger charge is -2.07. The molecule has 3 rings (SSSR count). The van der Waals surface area contributed by atoms with Gasteiger partial charge in [0, 0.05) is 11.9 Å². The summed E-state index contributed by atoms with van der Waals surface area (Å²) in [5.74, 6) is -1.05. The van der Waals surface area contributed by atoms with Crippen LogP contribution < -0.4 is 16.1 Å². The number of aromatic amines is 1. The number of hydrogen-bond acceptors (Lipinski definition) is 4. The average Bonchev–Trinajstić information content (AvgIpc) is 2.66. The van der Waals surface area contributed by atoms with Crippen LogP contribution in [0, 0.1) is 0 Å². The van der Waals surface area contributed by atoms with Crippen LogP contribution in [-0.4, -0.2) is 28.6 Å². The van der Waals surface area contributed by atoms with Crippen molar-refractivity contribution in [1.29, 1.82) is 0 Å². The Labute approximate surface area is 143 Å². The van der Waals surface area contributed by atoms with Crippen LogP contribution in [0.5, 0.6) is 0 Å². The smallest absolute Gasteiger partial charge is 0.276 e. The van der Waals surface area contributed by atoms with Crippen molar-refractivity contribution in [3.05, 3.63) is 76.1 Å². The molecule has 7 heteroatoms. The molecule has 0 aliphatic rings. The van der Waals surface area contributed by atoms with E-state index in [2.05, 4.69) is 20.8 Å². The summed E-state index contributed by atoms with van der Waals surface area (Å²) in [6, 6.07) is 16.2. The molecular formula is C18H16N4O3. The predicted octanol–water partition coefficient (Wildman–Crippen LogP) is 0.969. The second kappa shape index (κ2) is 7.39. The second-order valence-electron chi connectivity index (χ2n) is 5.39. The summed E-state index contributed by atoms with van der Waals surface area (Å²) in [6.45, 7) is 0.129. The molecule has 0 saturated heterocycles. The van der Waals surface area contributed by atoms with E-state index >= 15 is 0 Å². The minimum Gasteiger partial charge on any atom is -0.350 e. The zero-order chi connectivity index (χ0) is 17.6. The van der Waals surface area contributed by atoms with Gasteiger partial charge in [-0.2, -0.15) is 5.10 Å². The number of fused-ring (bicyclic) bond motifs is 1. The number of hydrogen-bond donors (Lipinski definition) is 3. The lowest BCUT2D eigenvalue weighted by atomic mass is 10.2. The summed E-state index contributed by atoms with van der Waals surface area (Å²) in [4.78, 5) is 36.2. The molecule has 3 N–H and O–H groups in total. The highest BCUT2D eigenvalue weighted by Crippen LogP contribution is 2.05. The van der Waals surface area contributed by atoms with E-state index in [1.165, 1.54) is 0 Å². The van der Waals surface area contributed by atoms with Crippen LogP contribution in [0.1, 0.15) is 16.1 Å². The molecule has 0 unspecified atom stereocenters. The van der Waals surface area contributed by atoms with Gasteiger partial charge in [-0.05, 0) is 17.7 Å². The standard InChI is InChI=1S/C18H16N4O3/c23-15(19-10-12-6-2-1-3-7-12)11-20-18(25)16-17(24)13-8-4-5-9-14(13)21-22-16/h1-9H,10-11H2,(H,19,23)(H,20,25)(H,21,24). The van der Waals surface area contributed by atoms with Gasteiger partial charge in [0.15, 0.2) is 5.69 Å². The van der Waals surface area contributed by atoms with Crippen LogP contribution in [0.15, 0.2) is 59.4 Å². The number of rotatable bonds is 5. The second-order valence-corrected chi connectivity index (χ2v) is 5.39. The molecule has 1 heterocycles. The molecule has 0 spiro atoms. The number of amides is 2. The molecule has 25 heavy (non-hydrogen) atoms. The van der Waals surface area contributed by atoms with Gasteiger partial charge in [0.25, 0.3) is 5.91 Å². The van der Waals surface area contributed by atoms with E-state index in [1.807, 2.05) is 30.3 Å². The van der Waals surface area contributed by atoms with E-state index in [0.717, 1.165) is 5.56 Å². The third-order valence-electron chi connectivity index (χ3n) is 3.63. The van der Waals surface area contributed by atoms with Crippen molar-refractivity contribution in [2.24, 2.45) is 0 Å². The number of carbonyl (C=O) groups excluding carboxylic acids is 2. The first-order valence-corrected chi connectivity index (χ1v) is 7.71. The zero-order valence-corrected chi connectivity index (χ0v) is 13.3. The normalized spacial score (nSPS) is 10.4. The summed E-state index contributed by atoms with van der Waals surface area (Å²) in [7, 11) is 0. The molecule has 0 saturated carbocycles. The number of nitrogens with zero attached hydrogens (tertiary/aromatic N) is 1. The maximum Gasteiger partial charge on any atom is 0.276 e. The number of H-pyrrole nitrogens is 1. The summed E-state index contributed by atoms with van der Waals surface area (Å²) in [6.07, 6.45) is 0. The van der Waals surface area contributed by atoms with E-state index in [9.17, 15) is 14.4 Å². The zero-order valence-electron chi connectivity index (χ0n) is 13.3. The fourth-order valence-electron chi connectivity index (χ4n) is 2.33. The van der Waals surface area contributed by atoms with Gasteiger partial charge < -0.3 is 10.6 Å². The lowest BCUT2D eigenvalue weighted by Crippen LogP contribution is -2.38. The number of benzene rings is 2. The topological polar surface area (TPSA) is 104 Å². The Hall–Kier alpha value is -3.48. The number of carbonyl (C=O) groups is 2. The molecule has 0 radical (unpaired) electrons. The quantitative estimate of drug-likeness (QED) is 0.646. The minimum atomic E-state index is -0.693. The Bertz CT molecular complexity index is 967. The highest BCUT2D eigenvalue weighted by Gasteiger charge is 2.15. The fourth-order valence-corrected chi connectivity index (χ4v) is 2.33. The molecule has 7 nitrogen and oxygen atoms in total. The maximum atomic E-state index is 12.3. The maximum absolute atomic E-state index is 12.3. The van der Waals surface area contributed by atoms with Gasteiger partial charge >= 0.3 is 0 Å². The van der Waals surface area contributed by atoms with Crippen LogP contribution in [0.3, 0.4) is 0 Å². The Kier molecular flexibility index (Phi) is 4.84. The Morgan fingerprint density at radius 2 is 1.68 bits per heavy atom. The van der Waals surface area contributed by atoms with E-state index in [-0.39, 0.29) is 18.1 Å². The highest BCUT2D eigenvalue weighted by atomic mass is 16.2. The Morgan fingerprint density at radius 3 is 2.48 bits per heavy atom. The van der Waals surface area contributed by atoms with Crippen molar-refractivity contribution in [1.82, 2.24) is 20.8 Å². The van der Waals surface area contributed by atoms with Crippen LogP contribution in [-0.2, 0) is 11.3 Å². The number of nitrogens with one attached hydrogen (secondary N) is 3. The monoisotopic (exact) mass is 336 g/mol. The first kappa shape index (κ1) is 16.4. The van der Waals surface area contributed by atoms with E-state index in [1.54, 1.807) is 24.3 Å². The summed E-state index contributed by atoms with van der Waals surface area (Å²) < 4.78 is 0. The third kappa shape index (κ3) is 3.89. The fraction of sp³-hybridized carbons (Fsp3) is 0.111. The van der Waals surface area contributed by atoms with Gasteiger partial charge in [0.1, 0.15) is 0 Å². The van der Waals surface area contributed by atoms with Gasteiger partial charge in [-0.15, -0.1) is 0 Å². The molecule has 0 bridgehead atoms. The van der Waals surface area contributed by atoms with Crippen molar-refractivity contribution in [2.45, 2.75) is 6.54 Å². The van der Waals surface area contributed by atoms with Crippen LogP contribution in [0.4, 0.5) is 0 Å². The summed E-state index contributed by atoms with van der Waals surface area (Å²) in [5, 5.41) is 11.9. The molecule has 0 fully saturated rings. The molecule has 2 aromatic carbocycles. The molecule has 0 aliphatic heterocycles. The molecule has 1 aromatic heterocycles. The Morgan fingerprint density at radius 1 is 0.960 bits per heavy atom. The highest BCUT2D eigenvalue weighted by molar-refractivity contribution is 5.97. The van der Waals surface area contributed by atoms with E-state index in [4.69, 9.17) is 0 Å². The third-order valence-corrected chi connectivity index (χ3v) is 3.63. The molecule has 3 aromatic rings. The van der Waals surface area contributed by atoms with Gasteiger partial charge in [0.2, 0.25) is 11.3 Å². The number of aromatic nitrogens is 2. The predicted molar refractivity (Wildman–Crippen MR) is 93.0 cm³/mol. The van der Waals surface area contributed by atoms with Crippen LogP contribution >= 0.6 is 0 Å². The average molecular weight is 336 g/mol. The first-order chi connectivity index (χ1) is 12.1. The van der Waals surface area contributed by atoms with Crippen LogP contribution in [0.25, 0.3) is 10.9 Å². The first-order valence-electron chi connectivity index (χ1n) is 7.71.